The minimum atomic E-state index is -0.270. The lowest BCUT2D eigenvalue weighted by Gasteiger charge is -2.19. The third kappa shape index (κ3) is 5.49. The second kappa shape index (κ2) is 9.24. The highest BCUT2D eigenvalue weighted by atomic mass is 32.1. The molecule has 3 rings (SSSR count). The third-order valence-corrected chi connectivity index (χ3v) is 4.87. The largest absolute Gasteiger partial charge is 0.486 e. The fourth-order valence-corrected chi connectivity index (χ4v) is 3.38. The zero-order valence-corrected chi connectivity index (χ0v) is 15.3. The molecule has 7 heteroatoms. The molecule has 1 aromatic carbocycles. The summed E-state index contributed by atoms with van der Waals surface area (Å²) in [6.07, 6.45) is 3.21. The number of benzene rings is 1. The van der Waals surface area contributed by atoms with Crippen molar-refractivity contribution in [2.45, 2.75) is 25.7 Å². The van der Waals surface area contributed by atoms with Gasteiger partial charge in [0.15, 0.2) is 11.5 Å². The number of aryl methyl sites for hydroxylation is 1. The van der Waals surface area contributed by atoms with Crippen molar-refractivity contribution in [3.05, 3.63) is 40.6 Å². The van der Waals surface area contributed by atoms with Crippen LogP contribution in [-0.2, 0) is 16.0 Å². The first-order valence-corrected chi connectivity index (χ1v) is 9.57. The molecule has 0 atom stereocenters. The molecule has 2 heterocycles. The van der Waals surface area contributed by atoms with Crippen LogP contribution >= 0.6 is 11.3 Å². The minimum Gasteiger partial charge on any atom is -0.486 e. The van der Waals surface area contributed by atoms with Gasteiger partial charge in [-0.25, -0.2) is 0 Å². The average Bonchev–Trinajstić information content (AvgIpc) is 3.17. The maximum Gasteiger partial charge on any atom is 0.243 e. The Bertz CT molecular complexity index is 746. The zero-order valence-electron chi connectivity index (χ0n) is 14.5. The van der Waals surface area contributed by atoms with Crippen molar-refractivity contribution in [1.29, 1.82) is 0 Å². The minimum absolute atomic E-state index is 0.0435. The summed E-state index contributed by atoms with van der Waals surface area (Å²) in [5.41, 5.74) is 0.615. The molecule has 0 saturated carbocycles. The van der Waals surface area contributed by atoms with Crippen molar-refractivity contribution in [2.24, 2.45) is 0 Å². The Balaban J connectivity index is 1.33. The quantitative estimate of drug-likeness (QED) is 0.697. The summed E-state index contributed by atoms with van der Waals surface area (Å²) in [5, 5.41) is 7.46. The van der Waals surface area contributed by atoms with Gasteiger partial charge in [-0.2, -0.15) is 0 Å². The summed E-state index contributed by atoms with van der Waals surface area (Å²) in [7, 11) is 0. The SMILES string of the molecule is O=C(CCCCc1cccs1)NCC(=O)Nc1ccc2c(c1)OCCO2. The Morgan fingerprint density at radius 2 is 1.88 bits per heavy atom. The first kappa shape index (κ1) is 18.3. The average molecular weight is 374 g/mol. The number of thiophene rings is 1. The van der Waals surface area contributed by atoms with E-state index in [0.29, 0.717) is 36.8 Å². The highest BCUT2D eigenvalue weighted by molar-refractivity contribution is 7.09. The summed E-state index contributed by atoms with van der Waals surface area (Å²) < 4.78 is 10.9. The van der Waals surface area contributed by atoms with Crippen LogP contribution in [0.1, 0.15) is 24.1 Å². The number of ether oxygens (including phenoxy) is 2. The van der Waals surface area contributed by atoms with Gasteiger partial charge in [0.25, 0.3) is 0 Å². The fraction of sp³-hybridized carbons (Fsp3) is 0.368. The lowest BCUT2D eigenvalue weighted by atomic mass is 10.1. The van der Waals surface area contributed by atoms with Gasteiger partial charge in [0.2, 0.25) is 11.8 Å². The summed E-state index contributed by atoms with van der Waals surface area (Å²) in [6.45, 7) is 0.975. The molecule has 138 valence electrons. The number of fused-ring (bicyclic) bond motifs is 1. The van der Waals surface area contributed by atoms with Crippen LogP contribution in [0.2, 0.25) is 0 Å². The summed E-state index contributed by atoms with van der Waals surface area (Å²) in [6, 6.07) is 9.37. The van der Waals surface area contributed by atoms with E-state index in [1.54, 1.807) is 29.5 Å². The van der Waals surface area contributed by atoms with E-state index in [4.69, 9.17) is 9.47 Å². The fourth-order valence-electron chi connectivity index (χ4n) is 2.63. The van der Waals surface area contributed by atoms with Gasteiger partial charge in [-0.1, -0.05) is 6.07 Å². The van der Waals surface area contributed by atoms with E-state index in [2.05, 4.69) is 22.1 Å². The lowest BCUT2D eigenvalue weighted by molar-refractivity contribution is -0.124. The zero-order chi connectivity index (χ0) is 18.2. The molecule has 2 aromatic rings. The Hall–Kier alpha value is -2.54. The Morgan fingerprint density at radius 3 is 2.69 bits per heavy atom. The Morgan fingerprint density at radius 1 is 1.04 bits per heavy atom. The topological polar surface area (TPSA) is 76.7 Å². The van der Waals surface area contributed by atoms with Crippen molar-refractivity contribution in [1.82, 2.24) is 5.32 Å². The molecule has 0 bridgehead atoms. The van der Waals surface area contributed by atoms with Crippen molar-refractivity contribution >= 4 is 28.8 Å². The van der Waals surface area contributed by atoms with E-state index in [9.17, 15) is 9.59 Å². The molecule has 0 aliphatic carbocycles. The van der Waals surface area contributed by atoms with Crippen LogP contribution < -0.4 is 20.1 Å². The molecule has 2 N–H and O–H groups in total. The molecule has 0 unspecified atom stereocenters. The van der Waals surface area contributed by atoms with Crippen LogP contribution in [0.25, 0.3) is 0 Å². The van der Waals surface area contributed by atoms with Gasteiger partial charge >= 0.3 is 0 Å². The van der Waals surface area contributed by atoms with Crippen LogP contribution in [-0.4, -0.2) is 31.6 Å². The monoisotopic (exact) mass is 374 g/mol. The smallest absolute Gasteiger partial charge is 0.243 e. The summed E-state index contributed by atoms with van der Waals surface area (Å²) in [4.78, 5) is 25.1. The van der Waals surface area contributed by atoms with E-state index >= 15 is 0 Å². The van der Waals surface area contributed by atoms with Crippen LogP contribution in [0.3, 0.4) is 0 Å². The van der Waals surface area contributed by atoms with Gasteiger partial charge in [-0.3, -0.25) is 9.59 Å². The first-order chi connectivity index (χ1) is 12.7. The number of unbranched alkanes of at least 4 members (excludes halogenated alkanes) is 1. The number of carbonyl (C=O) groups is 2. The van der Waals surface area contributed by atoms with Crippen molar-refractivity contribution in [3.63, 3.8) is 0 Å². The number of amides is 2. The van der Waals surface area contributed by atoms with Crippen LogP contribution in [0, 0.1) is 0 Å². The number of anilines is 1. The van der Waals surface area contributed by atoms with Gasteiger partial charge in [-0.05, 0) is 42.8 Å². The Kier molecular flexibility index (Phi) is 6.49. The highest BCUT2D eigenvalue weighted by Gasteiger charge is 2.13. The van der Waals surface area contributed by atoms with Gasteiger partial charge in [-0.15, -0.1) is 11.3 Å². The second-order valence-corrected chi connectivity index (χ2v) is 7.00. The molecule has 1 aliphatic rings. The first-order valence-electron chi connectivity index (χ1n) is 8.69. The maximum atomic E-state index is 12.0. The van der Waals surface area contributed by atoms with E-state index in [1.807, 2.05) is 6.07 Å². The molecule has 1 aromatic heterocycles. The van der Waals surface area contributed by atoms with Crippen molar-refractivity contribution in [3.8, 4) is 11.5 Å². The molecule has 0 spiro atoms. The normalized spacial score (nSPS) is 12.5. The molecule has 2 amide bonds. The highest BCUT2D eigenvalue weighted by Crippen LogP contribution is 2.32. The number of nitrogens with one attached hydrogen (secondary N) is 2. The van der Waals surface area contributed by atoms with E-state index in [1.165, 1.54) is 4.88 Å². The molecule has 26 heavy (non-hydrogen) atoms. The van der Waals surface area contributed by atoms with Crippen molar-refractivity contribution < 1.29 is 19.1 Å². The standard InChI is InChI=1S/C19H22N2O4S/c22-18(6-2-1-4-15-5-3-11-26-15)20-13-19(23)21-14-7-8-16-17(12-14)25-10-9-24-16/h3,5,7-8,11-12H,1-2,4,6,9-10,13H2,(H,20,22)(H,21,23). The van der Waals surface area contributed by atoms with Crippen LogP contribution in [0.5, 0.6) is 11.5 Å². The molecule has 1 aliphatic heterocycles. The molecule has 0 saturated heterocycles. The van der Waals surface area contributed by atoms with Gasteiger partial charge in [0, 0.05) is 23.1 Å². The molecule has 0 radical (unpaired) electrons. The lowest BCUT2D eigenvalue weighted by Crippen LogP contribution is -2.32. The Labute approximate surface area is 156 Å². The number of hydrogen-bond donors (Lipinski definition) is 2. The summed E-state index contributed by atoms with van der Waals surface area (Å²) >= 11 is 1.74. The molecule has 6 nitrogen and oxygen atoms in total. The van der Waals surface area contributed by atoms with Crippen LogP contribution in [0.15, 0.2) is 35.7 Å². The molecular formula is C19H22N2O4S. The van der Waals surface area contributed by atoms with Crippen LogP contribution in [0.4, 0.5) is 5.69 Å². The van der Waals surface area contributed by atoms with Gasteiger partial charge in [0.1, 0.15) is 13.2 Å². The molecule has 0 fully saturated rings. The number of carbonyl (C=O) groups excluding carboxylic acids is 2. The van der Waals surface area contributed by atoms with E-state index in [-0.39, 0.29) is 18.4 Å². The van der Waals surface area contributed by atoms with E-state index in [0.717, 1.165) is 19.3 Å². The van der Waals surface area contributed by atoms with Gasteiger partial charge < -0.3 is 20.1 Å². The predicted molar refractivity (Wildman–Crippen MR) is 101 cm³/mol. The number of rotatable bonds is 8. The van der Waals surface area contributed by atoms with E-state index < -0.39 is 0 Å². The maximum absolute atomic E-state index is 12.0. The number of hydrogen-bond acceptors (Lipinski definition) is 5. The molecular weight excluding hydrogens is 352 g/mol. The third-order valence-electron chi connectivity index (χ3n) is 3.93. The van der Waals surface area contributed by atoms with Gasteiger partial charge in [0.05, 0.1) is 6.54 Å². The predicted octanol–water partition coefficient (Wildman–Crippen LogP) is 2.99. The summed E-state index contributed by atoms with van der Waals surface area (Å²) in [5.74, 6) is 0.913. The van der Waals surface area contributed by atoms with Crippen molar-refractivity contribution in [2.75, 3.05) is 25.1 Å². The second-order valence-electron chi connectivity index (χ2n) is 5.97.